The minimum absolute atomic E-state index is 0.300. The Morgan fingerprint density at radius 1 is 1.00 bits per heavy atom. The Labute approximate surface area is 192 Å². The van der Waals surface area contributed by atoms with E-state index in [4.69, 9.17) is 24.2 Å². The molecule has 3 aromatic rings. The van der Waals surface area contributed by atoms with E-state index >= 15 is 0 Å². The van der Waals surface area contributed by atoms with Crippen molar-refractivity contribution in [1.82, 2.24) is 14.9 Å². The topological polar surface area (TPSA) is 60.0 Å². The molecule has 0 bridgehead atoms. The lowest BCUT2D eigenvalue weighted by Gasteiger charge is -2.32. The summed E-state index contributed by atoms with van der Waals surface area (Å²) in [6, 6.07) is 14.1. The zero-order chi connectivity index (χ0) is 22.6. The zero-order valence-corrected chi connectivity index (χ0v) is 18.7. The monoisotopic (exact) mass is 450 g/mol. The molecule has 0 amide bonds. The van der Waals surface area contributed by atoms with Gasteiger partial charge in [-0.25, -0.2) is 9.37 Å². The van der Waals surface area contributed by atoms with Crippen molar-refractivity contribution in [2.75, 3.05) is 44.9 Å². The maximum atomic E-state index is 13.4. The summed E-state index contributed by atoms with van der Waals surface area (Å²) in [5.74, 6) is 2.29. The molecular weight excluding hydrogens is 423 g/mol. The Hall–Kier alpha value is -3.23. The molecule has 2 aliphatic heterocycles. The molecule has 8 heteroatoms. The molecule has 3 heterocycles. The van der Waals surface area contributed by atoms with E-state index in [1.165, 1.54) is 17.7 Å². The molecule has 0 atom stereocenters. The van der Waals surface area contributed by atoms with Crippen LogP contribution in [0.1, 0.15) is 16.8 Å². The van der Waals surface area contributed by atoms with E-state index in [1.807, 2.05) is 12.1 Å². The third-order valence-electron chi connectivity index (χ3n) is 5.95. The molecule has 0 spiro atoms. The van der Waals surface area contributed by atoms with Crippen LogP contribution >= 0.6 is 0 Å². The maximum absolute atomic E-state index is 13.4. The Bertz CT molecular complexity index is 1100. The van der Waals surface area contributed by atoms with E-state index in [1.54, 1.807) is 19.2 Å². The van der Waals surface area contributed by atoms with Crippen LogP contribution in [-0.2, 0) is 24.2 Å². The minimum Gasteiger partial charge on any atom is -0.497 e. The second-order valence-corrected chi connectivity index (χ2v) is 8.22. The molecule has 0 aliphatic carbocycles. The lowest BCUT2D eigenvalue weighted by molar-refractivity contribution is 0.122. The molecule has 0 saturated carbocycles. The van der Waals surface area contributed by atoms with Crippen molar-refractivity contribution in [1.29, 1.82) is 0 Å². The van der Waals surface area contributed by atoms with Gasteiger partial charge in [0, 0.05) is 39.1 Å². The van der Waals surface area contributed by atoms with Gasteiger partial charge in [-0.3, -0.25) is 4.90 Å². The molecule has 2 aromatic carbocycles. The van der Waals surface area contributed by atoms with Crippen LogP contribution < -0.4 is 14.4 Å². The van der Waals surface area contributed by atoms with Gasteiger partial charge in [-0.2, -0.15) is 4.98 Å². The second-order valence-electron chi connectivity index (χ2n) is 8.22. The summed E-state index contributed by atoms with van der Waals surface area (Å²) in [6.07, 6.45) is 0.805. The molecule has 1 saturated heterocycles. The van der Waals surface area contributed by atoms with Gasteiger partial charge in [-0.05, 0) is 42.0 Å². The summed E-state index contributed by atoms with van der Waals surface area (Å²) in [6.45, 7) is 5.16. The highest BCUT2D eigenvalue weighted by Crippen LogP contribution is 2.32. The first-order valence-corrected chi connectivity index (χ1v) is 11.2. The molecule has 1 aromatic heterocycles. The SMILES string of the molecule is COc1cccc(CN2CCc3nc(N4CCOCC4)nc(Oc4ccc(F)cc4)c3C2)c1. The van der Waals surface area contributed by atoms with Crippen molar-refractivity contribution < 1.29 is 18.6 Å². The van der Waals surface area contributed by atoms with Gasteiger partial charge in [0.25, 0.3) is 0 Å². The number of morpholine rings is 1. The minimum atomic E-state index is -0.300. The first kappa shape index (κ1) is 21.6. The Balaban J connectivity index is 1.43. The number of methoxy groups -OCH3 is 1. The van der Waals surface area contributed by atoms with E-state index in [9.17, 15) is 4.39 Å². The van der Waals surface area contributed by atoms with Crippen LogP contribution in [0.2, 0.25) is 0 Å². The van der Waals surface area contributed by atoms with Crippen LogP contribution in [0.25, 0.3) is 0 Å². The number of ether oxygens (including phenoxy) is 3. The second kappa shape index (κ2) is 9.72. The first-order chi connectivity index (χ1) is 16.2. The van der Waals surface area contributed by atoms with Crippen LogP contribution in [0.3, 0.4) is 0 Å². The largest absolute Gasteiger partial charge is 0.497 e. The first-order valence-electron chi connectivity index (χ1n) is 11.2. The van der Waals surface area contributed by atoms with Crippen molar-refractivity contribution in [3.63, 3.8) is 0 Å². The van der Waals surface area contributed by atoms with Gasteiger partial charge in [0.15, 0.2) is 0 Å². The molecular formula is C25H27FN4O3. The molecule has 0 unspecified atom stereocenters. The van der Waals surface area contributed by atoms with Gasteiger partial charge in [-0.1, -0.05) is 12.1 Å². The molecule has 7 nitrogen and oxygen atoms in total. The van der Waals surface area contributed by atoms with Gasteiger partial charge >= 0.3 is 0 Å². The Kier molecular flexibility index (Phi) is 6.37. The predicted octanol–water partition coefficient (Wildman–Crippen LogP) is 3.81. The molecule has 5 rings (SSSR count). The predicted molar refractivity (Wildman–Crippen MR) is 122 cm³/mol. The third kappa shape index (κ3) is 5.07. The summed E-state index contributed by atoms with van der Waals surface area (Å²) < 4.78 is 30.4. The van der Waals surface area contributed by atoms with E-state index in [0.29, 0.717) is 37.3 Å². The number of nitrogens with zero attached hydrogens (tertiary/aromatic N) is 4. The standard InChI is InChI=1S/C25H27FN4O3/c1-31-21-4-2-3-18(15-21)16-29-10-9-23-22(17-29)24(33-20-7-5-19(26)6-8-20)28-25(27-23)30-11-13-32-14-12-30/h2-8,15H,9-14,16-17H2,1H3. The fraction of sp³-hybridized carbons (Fsp3) is 0.360. The fourth-order valence-corrected chi connectivity index (χ4v) is 4.19. The van der Waals surface area contributed by atoms with Crippen LogP contribution in [-0.4, -0.2) is 54.8 Å². The van der Waals surface area contributed by atoms with Crippen LogP contribution in [0, 0.1) is 5.82 Å². The van der Waals surface area contributed by atoms with E-state index in [2.05, 4.69) is 21.9 Å². The zero-order valence-electron chi connectivity index (χ0n) is 18.7. The molecule has 2 aliphatic rings. The van der Waals surface area contributed by atoms with Crippen LogP contribution in [0.5, 0.6) is 17.4 Å². The smallest absolute Gasteiger partial charge is 0.229 e. The average molecular weight is 451 g/mol. The molecule has 33 heavy (non-hydrogen) atoms. The van der Waals surface area contributed by atoms with Crippen molar-refractivity contribution in [3.8, 4) is 17.4 Å². The van der Waals surface area contributed by atoms with Crippen LogP contribution in [0.4, 0.5) is 10.3 Å². The summed E-state index contributed by atoms with van der Waals surface area (Å²) in [5.41, 5.74) is 3.17. The summed E-state index contributed by atoms with van der Waals surface area (Å²) in [7, 11) is 1.68. The Morgan fingerprint density at radius 2 is 1.82 bits per heavy atom. The van der Waals surface area contributed by atoms with Crippen molar-refractivity contribution >= 4 is 5.95 Å². The lowest BCUT2D eigenvalue weighted by Crippen LogP contribution is -2.38. The fourth-order valence-electron chi connectivity index (χ4n) is 4.19. The van der Waals surface area contributed by atoms with Crippen molar-refractivity contribution in [2.45, 2.75) is 19.5 Å². The molecule has 1 fully saturated rings. The van der Waals surface area contributed by atoms with Gasteiger partial charge in [0.05, 0.1) is 31.6 Å². The molecule has 172 valence electrons. The molecule has 0 radical (unpaired) electrons. The maximum Gasteiger partial charge on any atom is 0.229 e. The molecule has 0 N–H and O–H groups in total. The summed E-state index contributed by atoms with van der Waals surface area (Å²) in [4.78, 5) is 14.2. The highest BCUT2D eigenvalue weighted by atomic mass is 19.1. The van der Waals surface area contributed by atoms with Crippen molar-refractivity contribution in [2.24, 2.45) is 0 Å². The van der Waals surface area contributed by atoms with Gasteiger partial charge < -0.3 is 19.1 Å². The number of rotatable bonds is 6. The normalized spacial score (nSPS) is 16.4. The number of benzene rings is 2. The van der Waals surface area contributed by atoms with E-state index < -0.39 is 0 Å². The highest BCUT2D eigenvalue weighted by Gasteiger charge is 2.26. The van der Waals surface area contributed by atoms with Gasteiger partial charge in [0.1, 0.15) is 17.3 Å². The van der Waals surface area contributed by atoms with E-state index in [0.717, 1.165) is 49.6 Å². The third-order valence-corrected chi connectivity index (χ3v) is 5.95. The highest BCUT2D eigenvalue weighted by molar-refractivity contribution is 5.44. The van der Waals surface area contributed by atoms with Gasteiger partial charge in [0.2, 0.25) is 11.8 Å². The number of anilines is 1. The van der Waals surface area contributed by atoms with Crippen molar-refractivity contribution in [3.05, 3.63) is 71.2 Å². The van der Waals surface area contributed by atoms with Crippen LogP contribution in [0.15, 0.2) is 48.5 Å². The number of aromatic nitrogens is 2. The number of hydrogen-bond acceptors (Lipinski definition) is 7. The lowest BCUT2D eigenvalue weighted by atomic mass is 10.1. The number of halogens is 1. The average Bonchev–Trinajstić information content (AvgIpc) is 2.86. The quantitative estimate of drug-likeness (QED) is 0.566. The Morgan fingerprint density at radius 3 is 2.61 bits per heavy atom. The summed E-state index contributed by atoms with van der Waals surface area (Å²) in [5, 5.41) is 0. The number of hydrogen-bond donors (Lipinski definition) is 0. The van der Waals surface area contributed by atoms with Gasteiger partial charge in [-0.15, -0.1) is 0 Å². The van der Waals surface area contributed by atoms with E-state index in [-0.39, 0.29) is 5.82 Å². The summed E-state index contributed by atoms with van der Waals surface area (Å²) >= 11 is 0. The number of fused-ring (bicyclic) bond motifs is 1.